The van der Waals surface area contributed by atoms with Gasteiger partial charge in [0.2, 0.25) is 0 Å². The number of thioether (sulfide) groups is 1. The SMILES string of the molecule is COc1cc(N)ccc1SCCCN(C)C. The van der Waals surface area contributed by atoms with Crippen LogP contribution in [0.3, 0.4) is 0 Å². The second-order valence-corrected chi connectivity index (χ2v) is 5.05. The van der Waals surface area contributed by atoms with Crippen molar-refractivity contribution < 1.29 is 4.74 Å². The molecule has 0 aliphatic carbocycles. The molecular formula is C12H20N2OS. The van der Waals surface area contributed by atoms with Crippen molar-refractivity contribution in [2.24, 2.45) is 0 Å². The Hall–Kier alpha value is -0.870. The summed E-state index contributed by atoms with van der Waals surface area (Å²) in [5.41, 5.74) is 6.45. The van der Waals surface area contributed by atoms with Crippen molar-refractivity contribution in [1.82, 2.24) is 4.90 Å². The average molecular weight is 240 g/mol. The van der Waals surface area contributed by atoms with Crippen LogP contribution >= 0.6 is 11.8 Å². The fourth-order valence-corrected chi connectivity index (χ4v) is 2.31. The molecule has 0 amide bonds. The summed E-state index contributed by atoms with van der Waals surface area (Å²) in [7, 11) is 5.86. The van der Waals surface area contributed by atoms with Crippen molar-refractivity contribution >= 4 is 17.4 Å². The summed E-state index contributed by atoms with van der Waals surface area (Å²) in [6.07, 6.45) is 1.17. The Bertz CT molecular complexity index is 329. The number of hydrogen-bond acceptors (Lipinski definition) is 4. The second-order valence-electron chi connectivity index (χ2n) is 3.92. The van der Waals surface area contributed by atoms with Gasteiger partial charge >= 0.3 is 0 Å². The third-order valence-corrected chi connectivity index (χ3v) is 3.34. The van der Waals surface area contributed by atoms with E-state index in [9.17, 15) is 0 Å². The minimum absolute atomic E-state index is 0.745. The normalized spacial score (nSPS) is 10.8. The molecule has 4 heteroatoms. The third kappa shape index (κ3) is 4.33. The number of rotatable bonds is 6. The lowest BCUT2D eigenvalue weighted by Crippen LogP contribution is -2.13. The van der Waals surface area contributed by atoms with Crippen molar-refractivity contribution in [1.29, 1.82) is 0 Å². The van der Waals surface area contributed by atoms with Crippen LogP contribution in [0, 0.1) is 0 Å². The molecule has 0 saturated heterocycles. The van der Waals surface area contributed by atoms with E-state index in [2.05, 4.69) is 19.0 Å². The first kappa shape index (κ1) is 13.2. The van der Waals surface area contributed by atoms with Crippen LogP contribution in [0.2, 0.25) is 0 Å². The van der Waals surface area contributed by atoms with Crippen LogP contribution in [-0.4, -0.2) is 38.4 Å². The van der Waals surface area contributed by atoms with E-state index in [1.165, 1.54) is 6.42 Å². The number of nitrogens with zero attached hydrogens (tertiary/aromatic N) is 1. The quantitative estimate of drug-likeness (QED) is 0.470. The number of hydrogen-bond donors (Lipinski definition) is 1. The van der Waals surface area contributed by atoms with E-state index in [-0.39, 0.29) is 0 Å². The molecule has 1 rings (SSSR count). The molecule has 0 fully saturated rings. The number of benzene rings is 1. The predicted octanol–water partition coefficient (Wildman–Crippen LogP) is 2.32. The van der Waals surface area contributed by atoms with E-state index in [0.29, 0.717) is 0 Å². The van der Waals surface area contributed by atoms with Crippen LogP contribution in [0.4, 0.5) is 5.69 Å². The van der Waals surface area contributed by atoms with Gasteiger partial charge in [0, 0.05) is 16.6 Å². The van der Waals surface area contributed by atoms with E-state index < -0.39 is 0 Å². The Labute approximate surface area is 102 Å². The first-order valence-corrected chi connectivity index (χ1v) is 6.33. The number of anilines is 1. The minimum atomic E-state index is 0.745. The van der Waals surface area contributed by atoms with Gasteiger partial charge in [-0.15, -0.1) is 11.8 Å². The van der Waals surface area contributed by atoms with E-state index in [4.69, 9.17) is 10.5 Å². The van der Waals surface area contributed by atoms with Crippen molar-refractivity contribution in [2.45, 2.75) is 11.3 Å². The van der Waals surface area contributed by atoms with Gasteiger partial charge in [-0.3, -0.25) is 0 Å². The molecule has 0 aliphatic rings. The molecule has 16 heavy (non-hydrogen) atoms. The van der Waals surface area contributed by atoms with E-state index in [1.54, 1.807) is 7.11 Å². The predicted molar refractivity (Wildman–Crippen MR) is 71.3 cm³/mol. The van der Waals surface area contributed by atoms with Crippen LogP contribution in [0.1, 0.15) is 6.42 Å². The monoisotopic (exact) mass is 240 g/mol. The van der Waals surface area contributed by atoms with Crippen molar-refractivity contribution in [2.75, 3.05) is 39.2 Å². The minimum Gasteiger partial charge on any atom is -0.496 e. The standard InChI is InChI=1S/C12H20N2OS/c1-14(2)7-4-8-16-12-6-5-10(13)9-11(12)15-3/h5-6,9H,4,7-8,13H2,1-3H3. The van der Waals surface area contributed by atoms with Crippen LogP contribution in [0.15, 0.2) is 23.1 Å². The maximum absolute atomic E-state index is 5.70. The highest BCUT2D eigenvalue weighted by Gasteiger charge is 2.03. The molecule has 0 bridgehead atoms. The lowest BCUT2D eigenvalue weighted by Gasteiger charge is -2.11. The van der Waals surface area contributed by atoms with Crippen LogP contribution in [0.5, 0.6) is 5.75 Å². The summed E-state index contributed by atoms with van der Waals surface area (Å²) in [5, 5.41) is 0. The highest BCUT2D eigenvalue weighted by atomic mass is 32.2. The Balaban J connectivity index is 2.47. The van der Waals surface area contributed by atoms with E-state index in [0.717, 1.165) is 28.6 Å². The van der Waals surface area contributed by atoms with E-state index >= 15 is 0 Å². The maximum atomic E-state index is 5.70. The smallest absolute Gasteiger partial charge is 0.134 e. The van der Waals surface area contributed by atoms with Gasteiger partial charge in [0.1, 0.15) is 5.75 Å². The number of ether oxygens (including phenoxy) is 1. The Kier molecular flexibility index (Phi) is 5.49. The molecule has 3 nitrogen and oxygen atoms in total. The molecule has 0 saturated carbocycles. The molecule has 0 radical (unpaired) electrons. The zero-order valence-corrected chi connectivity index (χ0v) is 11.0. The molecule has 1 aromatic rings. The molecule has 90 valence electrons. The van der Waals surface area contributed by atoms with Gasteiger partial charge in [0.25, 0.3) is 0 Å². The van der Waals surface area contributed by atoms with Crippen molar-refractivity contribution in [3.05, 3.63) is 18.2 Å². The molecular weight excluding hydrogens is 220 g/mol. The average Bonchev–Trinajstić information content (AvgIpc) is 2.25. The molecule has 0 spiro atoms. The second kappa shape index (κ2) is 6.66. The van der Waals surface area contributed by atoms with Gasteiger partial charge in [0.15, 0.2) is 0 Å². The van der Waals surface area contributed by atoms with Gasteiger partial charge < -0.3 is 15.4 Å². The zero-order chi connectivity index (χ0) is 12.0. The van der Waals surface area contributed by atoms with Gasteiger partial charge in [-0.25, -0.2) is 0 Å². The molecule has 0 atom stereocenters. The molecule has 1 aromatic carbocycles. The molecule has 0 aliphatic heterocycles. The summed E-state index contributed by atoms with van der Waals surface area (Å²) in [5.74, 6) is 1.97. The zero-order valence-electron chi connectivity index (χ0n) is 10.2. The number of nitrogens with two attached hydrogens (primary N) is 1. The lowest BCUT2D eigenvalue weighted by molar-refractivity contribution is 0.404. The van der Waals surface area contributed by atoms with Crippen LogP contribution in [-0.2, 0) is 0 Å². The molecule has 0 aromatic heterocycles. The fourth-order valence-electron chi connectivity index (χ4n) is 1.37. The topological polar surface area (TPSA) is 38.5 Å². The fraction of sp³-hybridized carbons (Fsp3) is 0.500. The van der Waals surface area contributed by atoms with E-state index in [1.807, 2.05) is 30.0 Å². The lowest BCUT2D eigenvalue weighted by atomic mass is 10.3. The third-order valence-electron chi connectivity index (χ3n) is 2.19. The first-order valence-electron chi connectivity index (χ1n) is 5.34. The van der Waals surface area contributed by atoms with Crippen molar-refractivity contribution in [3.63, 3.8) is 0 Å². The Morgan fingerprint density at radius 2 is 2.12 bits per heavy atom. The summed E-state index contributed by atoms with van der Waals surface area (Å²) >= 11 is 1.82. The van der Waals surface area contributed by atoms with Crippen LogP contribution < -0.4 is 10.5 Å². The van der Waals surface area contributed by atoms with Crippen LogP contribution in [0.25, 0.3) is 0 Å². The summed E-state index contributed by atoms with van der Waals surface area (Å²) < 4.78 is 5.29. The molecule has 0 unspecified atom stereocenters. The molecule has 0 heterocycles. The van der Waals surface area contributed by atoms with Gasteiger partial charge in [-0.05, 0) is 44.9 Å². The summed E-state index contributed by atoms with van der Waals surface area (Å²) in [4.78, 5) is 3.36. The van der Waals surface area contributed by atoms with Gasteiger partial charge in [0.05, 0.1) is 7.11 Å². The number of methoxy groups -OCH3 is 1. The summed E-state index contributed by atoms with van der Waals surface area (Å²) in [6, 6.07) is 5.81. The number of nitrogen functional groups attached to an aromatic ring is 1. The highest BCUT2D eigenvalue weighted by molar-refractivity contribution is 7.99. The first-order chi connectivity index (χ1) is 7.63. The van der Waals surface area contributed by atoms with Gasteiger partial charge in [-0.2, -0.15) is 0 Å². The molecule has 2 N–H and O–H groups in total. The highest BCUT2D eigenvalue weighted by Crippen LogP contribution is 2.31. The largest absolute Gasteiger partial charge is 0.496 e. The Morgan fingerprint density at radius 1 is 1.38 bits per heavy atom. The maximum Gasteiger partial charge on any atom is 0.134 e. The van der Waals surface area contributed by atoms with Gasteiger partial charge in [-0.1, -0.05) is 0 Å². The van der Waals surface area contributed by atoms with Crippen molar-refractivity contribution in [3.8, 4) is 5.75 Å². The Morgan fingerprint density at radius 3 is 2.75 bits per heavy atom. The summed E-state index contributed by atoms with van der Waals surface area (Å²) in [6.45, 7) is 1.12.